The molecule has 2 N–H and O–H groups in total. The number of hydrogen-bond acceptors (Lipinski definition) is 5. The van der Waals surface area contributed by atoms with Crippen molar-refractivity contribution in [3.05, 3.63) is 22.2 Å². The Morgan fingerprint density at radius 1 is 1.43 bits per heavy atom. The number of nitrogen functional groups attached to an aromatic ring is 1. The fourth-order valence-electron chi connectivity index (χ4n) is 3.07. The Bertz CT molecular complexity index is 519. The fourth-order valence-corrected chi connectivity index (χ4v) is 3.07. The normalized spacial score (nSPS) is 25.8. The molecule has 0 saturated heterocycles. The highest BCUT2D eigenvalue weighted by atomic mass is 16.6. The zero-order chi connectivity index (χ0) is 15.6. The summed E-state index contributed by atoms with van der Waals surface area (Å²) in [6, 6.07) is 2.89. The number of ether oxygens (including phenoxy) is 1. The standard InChI is InChI=1S/C15H23N3O3/c1-9(2)11-5-4-10(3)8-13(11)21-14-7-6-12(18(19)20)15(16)17-14/h6-7,9-11,13H,4-5,8H2,1-3H3,(H2,16,17). The first-order valence-corrected chi connectivity index (χ1v) is 7.46. The molecule has 1 aromatic heterocycles. The quantitative estimate of drug-likeness (QED) is 0.678. The summed E-state index contributed by atoms with van der Waals surface area (Å²) in [5, 5.41) is 10.8. The summed E-state index contributed by atoms with van der Waals surface area (Å²) in [6.45, 7) is 6.63. The second kappa shape index (κ2) is 6.28. The van der Waals surface area contributed by atoms with Gasteiger partial charge in [-0.3, -0.25) is 10.1 Å². The number of pyridine rings is 1. The molecule has 1 aromatic rings. The molecule has 0 aromatic carbocycles. The summed E-state index contributed by atoms with van der Waals surface area (Å²) >= 11 is 0. The monoisotopic (exact) mass is 293 g/mol. The highest BCUT2D eigenvalue weighted by molar-refractivity contribution is 5.53. The zero-order valence-electron chi connectivity index (χ0n) is 12.8. The molecule has 3 unspecified atom stereocenters. The molecule has 0 radical (unpaired) electrons. The summed E-state index contributed by atoms with van der Waals surface area (Å²) in [6.07, 6.45) is 3.45. The van der Waals surface area contributed by atoms with Crippen LogP contribution in [0.5, 0.6) is 5.88 Å². The van der Waals surface area contributed by atoms with E-state index in [1.165, 1.54) is 18.6 Å². The van der Waals surface area contributed by atoms with Crippen LogP contribution >= 0.6 is 0 Å². The lowest BCUT2D eigenvalue weighted by atomic mass is 9.75. The average Bonchev–Trinajstić information content (AvgIpc) is 2.37. The van der Waals surface area contributed by atoms with Gasteiger partial charge in [0.05, 0.1) is 4.92 Å². The van der Waals surface area contributed by atoms with Crippen molar-refractivity contribution >= 4 is 11.5 Å². The average molecular weight is 293 g/mol. The predicted molar refractivity (Wildman–Crippen MR) is 81.1 cm³/mol. The van der Waals surface area contributed by atoms with Crippen LogP contribution in [0.3, 0.4) is 0 Å². The van der Waals surface area contributed by atoms with Crippen LogP contribution in [0.4, 0.5) is 11.5 Å². The molecule has 1 heterocycles. The molecule has 0 bridgehead atoms. The molecule has 1 aliphatic rings. The first-order chi connectivity index (χ1) is 9.88. The van der Waals surface area contributed by atoms with Gasteiger partial charge in [0, 0.05) is 12.1 Å². The fraction of sp³-hybridized carbons (Fsp3) is 0.667. The molecule has 3 atom stereocenters. The number of rotatable bonds is 4. The van der Waals surface area contributed by atoms with Gasteiger partial charge in [-0.1, -0.05) is 27.2 Å². The van der Waals surface area contributed by atoms with E-state index in [1.54, 1.807) is 0 Å². The Morgan fingerprint density at radius 2 is 2.14 bits per heavy atom. The summed E-state index contributed by atoms with van der Waals surface area (Å²) in [7, 11) is 0. The highest BCUT2D eigenvalue weighted by Crippen LogP contribution is 2.36. The number of nitrogens with two attached hydrogens (primary N) is 1. The van der Waals surface area contributed by atoms with Crippen molar-refractivity contribution in [1.82, 2.24) is 4.98 Å². The van der Waals surface area contributed by atoms with Crippen LogP contribution in [0.15, 0.2) is 12.1 Å². The van der Waals surface area contributed by atoms with E-state index in [9.17, 15) is 10.1 Å². The van der Waals surface area contributed by atoms with Crippen LogP contribution in [0, 0.1) is 27.9 Å². The van der Waals surface area contributed by atoms with E-state index in [1.807, 2.05) is 0 Å². The van der Waals surface area contributed by atoms with Gasteiger partial charge in [0.1, 0.15) is 6.10 Å². The number of anilines is 1. The van der Waals surface area contributed by atoms with E-state index < -0.39 is 4.92 Å². The molecule has 0 amide bonds. The third kappa shape index (κ3) is 3.62. The molecule has 6 nitrogen and oxygen atoms in total. The van der Waals surface area contributed by atoms with E-state index in [-0.39, 0.29) is 17.6 Å². The molecule has 0 aliphatic heterocycles. The number of nitrogens with zero attached hydrogens (tertiary/aromatic N) is 2. The van der Waals surface area contributed by atoms with Gasteiger partial charge in [0.15, 0.2) is 0 Å². The van der Waals surface area contributed by atoms with Gasteiger partial charge in [0.2, 0.25) is 11.7 Å². The lowest BCUT2D eigenvalue weighted by molar-refractivity contribution is -0.384. The Kier molecular flexibility index (Phi) is 4.65. The minimum Gasteiger partial charge on any atom is -0.474 e. The third-order valence-electron chi connectivity index (χ3n) is 4.31. The topological polar surface area (TPSA) is 91.3 Å². The molecule has 2 rings (SSSR count). The number of hydrogen-bond donors (Lipinski definition) is 1. The number of nitro groups is 1. The van der Waals surface area contributed by atoms with E-state index in [2.05, 4.69) is 25.8 Å². The minimum absolute atomic E-state index is 0.0949. The van der Waals surface area contributed by atoms with Gasteiger partial charge in [-0.15, -0.1) is 0 Å². The maximum atomic E-state index is 10.8. The molecule has 6 heteroatoms. The molecule has 0 spiro atoms. The van der Waals surface area contributed by atoms with Gasteiger partial charge >= 0.3 is 5.69 Å². The maximum absolute atomic E-state index is 10.8. The molecule has 21 heavy (non-hydrogen) atoms. The molecular formula is C15H23N3O3. The van der Waals surface area contributed by atoms with Crippen molar-refractivity contribution in [1.29, 1.82) is 0 Å². The molecule has 1 aliphatic carbocycles. The van der Waals surface area contributed by atoms with Gasteiger partial charge < -0.3 is 10.5 Å². The van der Waals surface area contributed by atoms with Crippen LogP contribution in [0.1, 0.15) is 40.0 Å². The van der Waals surface area contributed by atoms with Gasteiger partial charge in [-0.05, 0) is 30.6 Å². The zero-order valence-corrected chi connectivity index (χ0v) is 12.8. The summed E-state index contributed by atoms with van der Waals surface area (Å²) in [4.78, 5) is 14.2. The smallest absolute Gasteiger partial charge is 0.311 e. The minimum atomic E-state index is -0.536. The molecule has 1 fully saturated rings. The van der Waals surface area contributed by atoms with Gasteiger partial charge in [0.25, 0.3) is 0 Å². The van der Waals surface area contributed by atoms with Crippen molar-refractivity contribution in [3.63, 3.8) is 0 Å². The molecule has 1 saturated carbocycles. The second-order valence-corrected chi connectivity index (χ2v) is 6.29. The highest BCUT2D eigenvalue weighted by Gasteiger charge is 2.32. The Labute approximate surface area is 124 Å². The van der Waals surface area contributed by atoms with Crippen molar-refractivity contribution < 1.29 is 9.66 Å². The molecular weight excluding hydrogens is 270 g/mol. The largest absolute Gasteiger partial charge is 0.474 e. The summed E-state index contributed by atoms with van der Waals surface area (Å²) < 4.78 is 6.00. The van der Waals surface area contributed by atoms with Crippen LogP contribution < -0.4 is 10.5 Å². The predicted octanol–water partition coefficient (Wildman–Crippen LogP) is 3.41. The molecule has 116 valence electrons. The van der Waals surface area contributed by atoms with E-state index in [4.69, 9.17) is 10.5 Å². The second-order valence-electron chi connectivity index (χ2n) is 6.29. The third-order valence-corrected chi connectivity index (χ3v) is 4.31. The van der Waals surface area contributed by atoms with Crippen LogP contribution in [0.2, 0.25) is 0 Å². The first-order valence-electron chi connectivity index (χ1n) is 7.46. The Hall–Kier alpha value is -1.85. The van der Waals surface area contributed by atoms with Crippen molar-refractivity contribution in [2.75, 3.05) is 5.73 Å². The Balaban J connectivity index is 2.15. The lowest BCUT2D eigenvalue weighted by Gasteiger charge is -2.37. The van der Waals surface area contributed by atoms with Crippen LogP contribution in [0.25, 0.3) is 0 Å². The van der Waals surface area contributed by atoms with Crippen LogP contribution in [-0.4, -0.2) is 16.0 Å². The van der Waals surface area contributed by atoms with E-state index in [0.717, 1.165) is 12.8 Å². The van der Waals surface area contributed by atoms with E-state index >= 15 is 0 Å². The van der Waals surface area contributed by atoms with E-state index in [0.29, 0.717) is 23.6 Å². The van der Waals surface area contributed by atoms with Gasteiger partial charge in [-0.2, -0.15) is 4.98 Å². The summed E-state index contributed by atoms with van der Waals surface area (Å²) in [5.74, 6) is 1.93. The van der Waals surface area contributed by atoms with Crippen molar-refractivity contribution in [3.8, 4) is 5.88 Å². The van der Waals surface area contributed by atoms with Crippen LogP contribution in [-0.2, 0) is 0 Å². The SMILES string of the molecule is CC1CCC(C(C)C)C(Oc2ccc([N+](=O)[O-])c(N)n2)C1. The summed E-state index contributed by atoms with van der Waals surface area (Å²) in [5.41, 5.74) is 5.44. The maximum Gasteiger partial charge on any atom is 0.311 e. The Morgan fingerprint density at radius 3 is 2.71 bits per heavy atom. The van der Waals surface area contributed by atoms with Gasteiger partial charge in [-0.25, -0.2) is 0 Å². The van der Waals surface area contributed by atoms with Crippen molar-refractivity contribution in [2.24, 2.45) is 17.8 Å². The first kappa shape index (κ1) is 15.5. The van der Waals surface area contributed by atoms with Crippen molar-refractivity contribution in [2.45, 2.75) is 46.1 Å². The lowest BCUT2D eigenvalue weighted by Crippen LogP contribution is -2.36. The number of aromatic nitrogens is 1.